The molecule has 0 bridgehead atoms. The Bertz CT molecular complexity index is 868. The number of nitrogens with zero attached hydrogens (tertiary/aromatic N) is 1. The predicted octanol–water partition coefficient (Wildman–Crippen LogP) is 2.58. The second-order valence-electron chi connectivity index (χ2n) is 5.71. The molecule has 2 aromatic rings. The molecule has 1 atom stereocenters. The highest BCUT2D eigenvalue weighted by Gasteiger charge is 2.31. The molecule has 0 saturated carbocycles. The van der Waals surface area contributed by atoms with E-state index in [-0.39, 0.29) is 18.2 Å². The summed E-state index contributed by atoms with van der Waals surface area (Å²) in [4.78, 5) is 25.5. The van der Waals surface area contributed by atoms with Crippen molar-refractivity contribution in [1.29, 1.82) is 0 Å². The van der Waals surface area contributed by atoms with Crippen molar-refractivity contribution >= 4 is 23.6 Å². The van der Waals surface area contributed by atoms with Crippen molar-refractivity contribution in [3.63, 3.8) is 0 Å². The zero-order chi connectivity index (χ0) is 19.4. The molecule has 3 rings (SSSR count). The number of para-hydroxylation sites is 2. The second kappa shape index (κ2) is 7.86. The number of carbonyl (C=O) groups is 2. The van der Waals surface area contributed by atoms with Gasteiger partial charge in [0.2, 0.25) is 0 Å². The molecule has 0 radical (unpaired) electrons. The molecular formula is C19H16F2N2O4. The summed E-state index contributed by atoms with van der Waals surface area (Å²) in [5.74, 6) is -0.617. The Labute approximate surface area is 153 Å². The van der Waals surface area contributed by atoms with E-state index in [0.29, 0.717) is 17.0 Å². The summed E-state index contributed by atoms with van der Waals surface area (Å²) in [7, 11) is 0. The topological polar surface area (TPSA) is 81.9 Å². The van der Waals surface area contributed by atoms with E-state index in [1.54, 1.807) is 36.4 Å². The van der Waals surface area contributed by atoms with Crippen LogP contribution >= 0.6 is 0 Å². The van der Waals surface area contributed by atoms with Crippen molar-refractivity contribution in [3.05, 3.63) is 60.2 Å². The number of benzene rings is 2. The van der Waals surface area contributed by atoms with Gasteiger partial charge in [-0.05, 0) is 35.9 Å². The van der Waals surface area contributed by atoms with Crippen molar-refractivity contribution in [2.75, 3.05) is 11.4 Å². The second-order valence-corrected chi connectivity index (χ2v) is 5.71. The third-order valence-electron chi connectivity index (χ3n) is 3.88. The lowest BCUT2D eigenvalue weighted by Crippen LogP contribution is -2.49. The third-order valence-corrected chi connectivity index (χ3v) is 3.88. The smallest absolute Gasteiger partial charge is 0.387 e. The molecule has 1 aliphatic rings. The normalized spacial score (nSPS) is 16.1. The number of rotatable bonds is 5. The molecule has 2 aromatic carbocycles. The van der Waals surface area contributed by atoms with Crippen LogP contribution in [0.15, 0.2) is 54.6 Å². The summed E-state index contributed by atoms with van der Waals surface area (Å²) < 4.78 is 34.1. The van der Waals surface area contributed by atoms with Gasteiger partial charge in [0.1, 0.15) is 11.5 Å². The maximum Gasteiger partial charge on any atom is 0.387 e. The van der Waals surface area contributed by atoms with Crippen LogP contribution in [0.5, 0.6) is 11.5 Å². The first-order chi connectivity index (χ1) is 12.9. The van der Waals surface area contributed by atoms with E-state index in [0.717, 1.165) is 0 Å². The quantitative estimate of drug-likeness (QED) is 0.816. The van der Waals surface area contributed by atoms with Crippen molar-refractivity contribution in [3.8, 4) is 11.5 Å². The lowest BCUT2D eigenvalue weighted by Gasteiger charge is -2.32. The average molecular weight is 374 g/mol. The van der Waals surface area contributed by atoms with Gasteiger partial charge in [0.05, 0.1) is 12.2 Å². The van der Waals surface area contributed by atoms with Crippen LogP contribution in [0.25, 0.3) is 6.08 Å². The number of alkyl halides is 2. The molecule has 8 heteroatoms. The molecule has 140 valence electrons. The standard InChI is InChI=1S/C19H16F2N2O4/c20-19(21)26-13-8-5-12(6-9-13)7-10-17(24)23-11-16(18(22)25)27-15-4-2-1-3-14(15)23/h1-10,16,19H,11H2,(H2,22,25)/b10-7+/t16-/m0/s1. The van der Waals surface area contributed by atoms with Crippen LogP contribution in [0.3, 0.4) is 0 Å². The van der Waals surface area contributed by atoms with Crippen molar-refractivity contribution < 1.29 is 27.8 Å². The maximum atomic E-state index is 12.6. The predicted molar refractivity (Wildman–Crippen MR) is 94.5 cm³/mol. The molecule has 0 aromatic heterocycles. The van der Waals surface area contributed by atoms with E-state index in [9.17, 15) is 18.4 Å². The van der Waals surface area contributed by atoms with Crippen LogP contribution in [0, 0.1) is 0 Å². The van der Waals surface area contributed by atoms with Crippen LogP contribution in [-0.2, 0) is 9.59 Å². The van der Waals surface area contributed by atoms with Gasteiger partial charge < -0.3 is 20.1 Å². The van der Waals surface area contributed by atoms with Crippen molar-refractivity contribution in [2.24, 2.45) is 5.73 Å². The SMILES string of the molecule is NC(=O)[C@@H]1CN(C(=O)/C=C/c2ccc(OC(F)F)cc2)c2ccccc2O1. The fourth-order valence-electron chi connectivity index (χ4n) is 2.61. The molecule has 2 amide bonds. The first kappa shape index (κ1) is 18.4. The molecule has 2 N–H and O–H groups in total. The number of nitrogens with two attached hydrogens (primary N) is 1. The largest absolute Gasteiger partial charge is 0.477 e. The van der Waals surface area contributed by atoms with Crippen molar-refractivity contribution in [1.82, 2.24) is 0 Å². The Kier molecular flexibility index (Phi) is 5.35. The Morgan fingerprint density at radius 1 is 1.19 bits per heavy atom. The number of halogens is 2. The van der Waals surface area contributed by atoms with Gasteiger partial charge in [0, 0.05) is 6.08 Å². The molecule has 0 spiro atoms. The maximum absolute atomic E-state index is 12.6. The molecule has 0 fully saturated rings. The number of primary amides is 1. The molecule has 1 aliphatic heterocycles. The summed E-state index contributed by atoms with van der Waals surface area (Å²) in [5, 5.41) is 0. The van der Waals surface area contributed by atoms with Crippen molar-refractivity contribution in [2.45, 2.75) is 12.7 Å². The number of hydrogen-bond acceptors (Lipinski definition) is 4. The Hall–Kier alpha value is -3.42. The van der Waals surface area contributed by atoms with Gasteiger partial charge in [-0.2, -0.15) is 8.78 Å². The fraction of sp³-hybridized carbons (Fsp3) is 0.158. The van der Waals surface area contributed by atoms with Crippen LogP contribution in [0.1, 0.15) is 5.56 Å². The lowest BCUT2D eigenvalue weighted by atomic mass is 10.1. The minimum absolute atomic E-state index is 0.00329. The average Bonchev–Trinajstić information content (AvgIpc) is 2.65. The summed E-state index contributed by atoms with van der Waals surface area (Å²) in [6.45, 7) is -2.90. The molecule has 27 heavy (non-hydrogen) atoms. The minimum Gasteiger partial charge on any atom is -0.477 e. The summed E-state index contributed by atoms with van der Waals surface area (Å²) >= 11 is 0. The van der Waals surface area contributed by atoms with E-state index < -0.39 is 18.6 Å². The summed E-state index contributed by atoms with van der Waals surface area (Å²) in [5.41, 5.74) is 6.47. The fourth-order valence-corrected chi connectivity index (χ4v) is 2.61. The number of carbonyl (C=O) groups excluding carboxylic acids is 2. The number of amides is 2. The lowest BCUT2D eigenvalue weighted by molar-refractivity contribution is -0.125. The zero-order valence-corrected chi connectivity index (χ0v) is 14.0. The molecular weight excluding hydrogens is 358 g/mol. The van der Waals surface area contributed by atoms with Gasteiger partial charge in [0.25, 0.3) is 11.8 Å². The van der Waals surface area contributed by atoms with Crippen LogP contribution in [0.4, 0.5) is 14.5 Å². The number of anilines is 1. The van der Waals surface area contributed by atoms with Crippen LogP contribution in [-0.4, -0.2) is 31.1 Å². The summed E-state index contributed by atoms with van der Waals surface area (Å²) in [6.07, 6.45) is 1.91. The Morgan fingerprint density at radius 2 is 1.89 bits per heavy atom. The van der Waals surface area contributed by atoms with E-state index >= 15 is 0 Å². The number of fused-ring (bicyclic) bond motifs is 1. The van der Waals surface area contributed by atoms with Gasteiger partial charge in [-0.25, -0.2) is 0 Å². The monoisotopic (exact) mass is 374 g/mol. The minimum atomic E-state index is -2.90. The van der Waals surface area contributed by atoms with Gasteiger partial charge in [0.15, 0.2) is 6.10 Å². The van der Waals surface area contributed by atoms with Gasteiger partial charge in [-0.1, -0.05) is 24.3 Å². The van der Waals surface area contributed by atoms with Gasteiger partial charge in [-0.3, -0.25) is 9.59 Å². The zero-order valence-electron chi connectivity index (χ0n) is 14.0. The highest BCUT2D eigenvalue weighted by atomic mass is 19.3. The molecule has 0 unspecified atom stereocenters. The molecule has 0 aliphatic carbocycles. The van der Waals surface area contributed by atoms with E-state index in [4.69, 9.17) is 10.5 Å². The van der Waals surface area contributed by atoms with Crippen LogP contribution in [0.2, 0.25) is 0 Å². The third kappa shape index (κ3) is 4.41. The first-order valence-electron chi connectivity index (χ1n) is 8.03. The Morgan fingerprint density at radius 3 is 2.56 bits per heavy atom. The molecule has 6 nitrogen and oxygen atoms in total. The van der Waals surface area contributed by atoms with E-state index in [1.165, 1.54) is 29.2 Å². The number of ether oxygens (including phenoxy) is 2. The van der Waals surface area contributed by atoms with E-state index in [2.05, 4.69) is 4.74 Å². The Balaban J connectivity index is 1.76. The molecule has 1 heterocycles. The van der Waals surface area contributed by atoms with Crippen LogP contribution < -0.4 is 20.1 Å². The highest BCUT2D eigenvalue weighted by molar-refractivity contribution is 6.05. The first-order valence-corrected chi connectivity index (χ1v) is 8.03. The van der Waals surface area contributed by atoms with Gasteiger partial charge in [-0.15, -0.1) is 0 Å². The highest BCUT2D eigenvalue weighted by Crippen LogP contribution is 2.33. The van der Waals surface area contributed by atoms with E-state index in [1.807, 2.05) is 0 Å². The number of hydrogen-bond donors (Lipinski definition) is 1. The summed E-state index contributed by atoms with van der Waals surface area (Å²) in [6, 6.07) is 12.7. The van der Waals surface area contributed by atoms with Gasteiger partial charge >= 0.3 is 6.61 Å². The molecule has 0 saturated heterocycles.